The monoisotopic (exact) mass is 403 g/mol. The molecule has 4 N–H and O–H groups in total. The second-order valence-electron chi connectivity index (χ2n) is 5.47. The number of hydrogen-bond donors (Lipinski definition) is 3. The highest BCUT2D eigenvalue weighted by molar-refractivity contribution is 8.00. The number of nitrogens with one attached hydrogen (secondary N) is 2. The van der Waals surface area contributed by atoms with Gasteiger partial charge in [0.1, 0.15) is 10.8 Å². The number of nitrogens with zero attached hydrogens (tertiary/aromatic N) is 2. The van der Waals surface area contributed by atoms with E-state index in [1.807, 2.05) is 24.3 Å². The summed E-state index contributed by atoms with van der Waals surface area (Å²) < 4.78 is 5.13. The Labute approximate surface area is 163 Å². The summed E-state index contributed by atoms with van der Waals surface area (Å²) in [4.78, 5) is 28.1. The van der Waals surface area contributed by atoms with Gasteiger partial charge in [0.2, 0.25) is 11.1 Å². The molecule has 1 aromatic carbocycles. The number of thiophene rings is 1. The van der Waals surface area contributed by atoms with Crippen molar-refractivity contribution in [1.29, 1.82) is 0 Å². The normalized spacial score (nSPS) is 11.8. The van der Waals surface area contributed by atoms with Gasteiger partial charge in [-0.15, -0.1) is 16.4 Å². The molecule has 3 aromatic rings. The maximum absolute atomic E-state index is 12.4. The van der Waals surface area contributed by atoms with E-state index in [-0.39, 0.29) is 5.91 Å². The summed E-state index contributed by atoms with van der Waals surface area (Å²) in [6.07, 6.45) is 0. The molecular formula is C17H17N5O3S2. The summed E-state index contributed by atoms with van der Waals surface area (Å²) in [6.45, 7) is 1.74. The van der Waals surface area contributed by atoms with Gasteiger partial charge in [-0.05, 0) is 42.6 Å². The first-order valence-electron chi connectivity index (χ1n) is 7.89. The number of amides is 2. The molecule has 2 aromatic heterocycles. The molecule has 0 radical (unpaired) electrons. The lowest BCUT2D eigenvalue weighted by molar-refractivity contribution is -0.115. The predicted molar refractivity (Wildman–Crippen MR) is 105 cm³/mol. The lowest BCUT2D eigenvalue weighted by Gasteiger charge is -2.09. The van der Waals surface area contributed by atoms with E-state index in [1.165, 1.54) is 23.1 Å². The summed E-state index contributed by atoms with van der Waals surface area (Å²) in [7, 11) is 1.60. The van der Waals surface area contributed by atoms with E-state index in [4.69, 9.17) is 10.5 Å². The topological polar surface area (TPSA) is 123 Å². The quantitative estimate of drug-likeness (QED) is 0.521. The Morgan fingerprint density at radius 1 is 1.30 bits per heavy atom. The van der Waals surface area contributed by atoms with Crippen LogP contribution in [0.4, 0.5) is 5.00 Å². The first-order valence-corrected chi connectivity index (χ1v) is 9.65. The number of methoxy groups -OCH3 is 1. The number of nitrogens with two attached hydrogens (primary N) is 1. The van der Waals surface area contributed by atoms with E-state index in [0.717, 1.165) is 11.3 Å². The van der Waals surface area contributed by atoms with E-state index in [0.29, 0.717) is 21.5 Å². The van der Waals surface area contributed by atoms with Crippen LogP contribution in [-0.4, -0.2) is 39.4 Å². The SMILES string of the molecule is COc1ccc(-c2nc(S[C@H](C)C(=O)Nc3sccc3C(N)=O)n[nH]2)cc1. The number of carbonyl (C=O) groups is 2. The highest BCUT2D eigenvalue weighted by atomic mass is 32.2. The van der Waals surface area contributed by atoms with E-state index in [9.17, 15) is 9.59 Å². The number of carbonyl (C=O) groups excluding carboxylic acids is 2. The second-order valence-corrected chi connectivity index (χ2v) is 7.70. The number of primary amides is 1. The number of benzene rings is 1. The number of hydrogen-bond acceptors (Lipinski definition) is 7. The van der Waals surface area contributed by atoms with Crippen molar-refractivity contribution in [1.82, 2.24) is 15.2 Å². The maximum Gasteiger partial charge on any atom is 0.251 e. The number of ether oxygens (including phenoxy) is 1. The molecule has 1 atom stereocenters. The van der Waals surface area contributed by atoms with Crippen molar-refractivity contribution in [2.45, 2.75) is 17.3 Å². The maximum atomic E-state index is 12.4. The molecule has 0 saturated heterocycles. The molecule has 0 fully saturated rings. The van der Waals surface area contributed by atoms with Crippen LogP contribution in [-0.2, 0) is 4.79 Å². The van der Waals surface area contributed by atoms with Crippen molar-refractivity contribution in [3.05, 3.63) is 41.3 Å². The minimum Gasteiger partial charge on any atom is -0.497 e. The Morgan fingerprint density at radius 3 is 2.70 bits per heavy atom. The molecule has 2 heterocycles. The van der Waals surface area contributed by atoms with Crippen molar-refractivity contribution in [3.63, 3.8) is 0 Å². The molecule has 2 amide bonds. The van der Waals surface area contributed by atoms with Crippen LogP contribution < -0.4 is 15.8 Å². The molecule has 0 aliphatic carbocycles. The number of anilines is 1. The number of thioether (sulfide) groups is 1. The Bertz CT molecular complexity index is 952. The Morgan fingerprint density at radius 2 is 2.04 bits per heavy atom. The number of aromatic amines is 1. The van der Waals surface area contributed by atoms with Gasteiger partial charge in [0.15, 0.2) is 5.82 Å². The van der Waals surface area contributed by atoms with E-state index in [2.05, 4.69) is 20.5 Å². The minimum atomic E-state index is -0.579. The fourth-order valence-electron chi connectivity index (χ4n) is 2.20. The largest absolute Gasteiger partial charge is 0.497 e. The van der Waals surface area contributed by atoms with Crippen LogP contribution in [0.1, 0.15) is 17.3 Å². The molecule has 8 nitrogen and oxygen atoms in total. The Hall–Kier alpha value is -2.85. The van der Waals surface area contributed by atoms with Crippen molar-refractivity contribution in [2.24, 2.45) is 5.73 Å². The fourth-order valence-corrected chi connectivity index (χ4v) is 3.72. The third kappa shape index (κ3) is 4.47. The van der Waals surface area contributed by atoms with Gasteiger partial charge in [-0.3, -0.25) is 14.7 Å². The van der Waals surface area contributed by atoms with Gasteiger partial charge in [0.25, 0.3) is 5.91 Å². The van der Waals surface area contributed by atoms with Gasteiger partial charge >= 0.3 is 0 Å². The standard InChI is InChI=1S/C17H17N5O3S2/c1-9(15(24)20-16-12(13(18)23)7-8-26-16)27-17-19-14(21-22-17)10-3-5-11(25-2)6-4-10/h3-9H,1-2H3,(H2,18,23)(H,20,24)(H,19,21,22)/t9-/m1/s1. The summed E-state index contributed by atoms with van der Waals surface area (Å²) >= 11 is 2.45. The third-order valence-electron chi connectivity index (χ3n) is 3.65. The van der Waals surface area contributed by atoms with Crippen molar-refractivity contribution in [3.8, 4) is 17.1 Å². The first-order chi connectivity index (χ1) is 13.0. The van der Waals surface area contributed by atoms with Crippen LogP contribution in [0, 0.1) is 0 Å². The molecule has 0 bridgehead atoms. The average molecular weight is 403 g/mol. The van der Waals surface area contributed by atoms with Crippen molar-refractivity contribution < 1.29 is 14.3 Å². The van der Waals surface area contributed by atoms with Crippen LogP contribution in [0.2, 0.25) is 0 Å². The molecule has 0 unspecified atom stereocenters. The van der Waals surface area contributed by atoms with E-state index < -0.39 is 11.2 Å². The molecule has 27 heavy (non-hydrogen) atoms. The Balaban J connectivity index is 1.64. The number of rotatable bonds is 7. The van der Waals surface area contributed by atoms with Gasteiger partial charge in [-0.2, -0.15) is 0 Å². The summed E-state index contributed by atoms with van der Waals surface area (Å²) in [5, 5.41) is 11.8. The lowest BCUT2D eigenvalue weighted by Crippen LogP contribution is -2.23. The molecule has 140 valence electrons. The summed E-state index contributed by atoms with van der Waals surface area (Å²) in [6, 6.07) is 8.98. The highest BCUT2D eigenvalue weighted by Gasteiger charge is 2.20. The number of aromatic nitrogens is 3. The molecule has 0 aliphatic heterocycles. The smallest absolute Gasteiger partial charge is 0.251 e. The van der Waals surface area contributed by atoms with Crippen molar-refractivity contribution in [2.75, 3.05) is 12.4 Å². The molecule has 0 saturated carbocycles. The van der Waals surface area contributed by atoms with Gasteiger partial charge in [0, 0.05) is 5.56 Å². The van der Waals surface area contributed by atoms with Crippen LogP contribution >= 0.6 is 23.1 Å². The zero-order valence-electron chi connectivity index (χ0n) is 14.6. The van der Waals surface area contributed by atoms with E-state index >= 15 is 0 Å². The van der Waals surface area contributed by atoms with Gasteiger partial charge in [0.05, 0.1) is 17.9 Å². The molecule has 0 aliphatic rings. The lowest BCUT2D eigenvalue weighted by atomic mass is 10.2. The van der Waals surface area contributed by atoms with E-state index in [1.54, 1.807) is 25.5 Å². The highest BCUT2D eigenvalue weighted by Crippen LogP contribution is 2.27. The average Bonchev–Trinajstić information content (AvgIpc) is 3.31. The van der Waals surface area contributed by atoms with Gasteiger partial charge < -0.3 is 15.8 Å². The van der Waals surface area contributed by atoms with Gasteiger partial charge in [-0.1, -0.05) is 11.8 Å². The first kappa shape index (κ1) is 18.9. The molecular weight excluding hydrogens is 386 g/mol. The van der Waals surface area contributed by atoms with Crippen LogP contribution in [0.15, 0.2) is 40.9 Å². The molecule has 10 heteroatoms. The van der Waals surface area contributed by atoms with Crippen LogP contribution in [0.5, 0.6) is 5.75 Å². The molecule has 3 rings (SSSR count). The minimum absolute atomic E-state index is 0.263. The summed E-state index contributed by atoms with van der Waals surface area (Å²) in [5.41, 5.74) is 6.44. The van der Waals surface area contributed by atoms with Crippen LogP contribution in [0.25, 0.3) is 11.4 Å². The van der Waals surface area contributed by atoms with Crippen molar-refractivity contribution >= 4 is 39.9 Å². The Kier molecular flexibility index (Phi) is 5.77. The predicted octanol–water partition coefficient (Wildman–Crippen LogP) is 2.76. The molecule has 0 spiro atoms. The summed E-state index contributed by atoms with van der Waals surface area (Å²) in [5.74, 6) is 0.509. The van der Waals surface area contributed by atoms with Gasteiger partial charge in [-0.25, -0.2) is 4.98 Å². The van der Waals surface area contributed by atoms with Crippen LogP contribution in [0.3, 0.4) is 0 Å². The zero-order chi connectivity index (χ0) is 19.4. The number of H-pyrrole nitrogens is 1. The fraction of sp³-hybridized carbons (Fsp3) is 0.176. The third-order valence-corrected chi connectivity index (χ3v) is 5.44. The second kappa shape index (κ2) is 8.23. The zero-order valence-corrected chi connectivity index (χ0v) is 16.2.